The van der Waals surface area contributed by atoms with Crippen LogP contribution in [0.1, 0.15) is 11.1 Å². The maximum absolute atomic E-state index is 11.6. The van der Waals surface area contributed by atoms with Gasteiger partial charge in [-0.3, -0.25) is 0 Å². The van der Waals surface area contributed by atoms with Crippen LogP contribution >= 0.6 is 11.6 Å². The molecular weight excluding hydrogens is 306 g/mol. The number of rotatable bonds is 5. The molecule has 0 spiro atoms. The zero-order valence-electron chi connectivity index (χ0n) is 11.9. The molecule has 7 heteroatoms. The van der Waals surface area contributed by atoms with E-state index in [0.29, 0.717) is 16.3 Å². The normalized spacial score (nSPS) is 11.1. The van der Waals surface area contributed by atoms with E-state index < -0.39 is 5.97 Å². The minimum atomic E-state index is -0.657. The summed E-state index contributed by atoms with van der Waals surface area (Å²) in [5, 5.41) is 4.19. The number of H-pyrrole nitrogens is 1. The summed E-state index contributed by atoms with van der Waals surface area (Å²) in [5.41, 5.74) is 7.16. The minimum absolute atomic E-state index is 0.0903. The average Bonchev–Trinajstić information content (AvgIpc) is 2.54. The summed E-state index contributed by atoms with van der Waals surface area (Å²) in [6, 6.07) is 8.58. The van der Waals surface area contributed by atoms with E-state index in [2.05, 4.69) is 10.1 Å². The van der Waals surface area contributed by atoms with E-state index in [1.807, 2.05) is 6.92 Å². The van der Waals surface area contributed by atoms with Crippen molar-refractivity contribution in [3.8, 4) is 5.75 Å². The van der Waals surface area contributed by atoms with Gasteiger partial charge in [-0.05, 0) is 36.8 Å². The highest BCUT2D eigenvalue weighted by Gasteiger charge is 2.07. The van der Waals surface area contributed by atoms with Crippen LogP contribution in [0.5, 0.6) is 5.75 Å². The van der Waals surface area contributed by atoms with Crippen molar-refractivity contribution in [2.24, 2.45) is 10.9 Å². The van der Waals surface area contributed by atoms with Gasteiger partial charge in [0.05, 0.1) is 5.56 Å². The predicted octanol–water partition coefficient (Wildman–Crippen LogP) is 1.71. The van der Waals surface area contributed by atoms with Gasteiger partial charge in [-0.15, -0.1) is 0 Å². The molecule has 114 valence electrons. The van der Waals surface area contributed by atoms with Gasteiger partial charge in [-0.2, -0.15) is 0 Å². The minimum Gasteiger partial charge on any atom is -0.482 e. The van der Waals surface area contributed by atoms with Crippen LogP contribution in [0.4, 0.5) is 0 Å². The molecule has 1 heterocycles. The fraction of sp³-hybridized carbons (Fsp3) is 0.133. The van der Waals surface area contributed by atoms with E-state index >= 15 is 0 Å². The van der Waals surface area contributed by atoms with Crippen LogP contribution in [0, 0.1) is 6.92 Å². The molecule has 0 aliphatic heterocycles. The van der Waals surface area contributed by atoms with Gasteiger partial charge in [0.2, 0.25) is 0 Å². The molecule has 0 saturated heterocycles. The predicted molar refractivity (Wildman–Crippen MR) is 81.5 cm³/mol. The number of nitrogens with two attached hydrogens (primary N) is 1. The van der Waals surface area contributed by atoms with Gasteiger partial charge in [-0.25, -0.2) is 9.78 Å². The number of amidine groups is 1. The Labute approximate surface area is 132 Å². The van der Waals surface area contributed by atoms with Crippen molar-refractivity contribution < 1.29 is 19.4 Å². The Morgan fingerprint density at radius 3 is 2.91 bits per heavy atom. The Kier molecular flexibility index (Phi) is 5.32. The molecule has 1 aromatic heterocycles. The first-order valence-corrected chi connectivity index (χ1v) is 6.83. The monoisotopic (exact) mass is 320 g/mol. The fourth-order valence-corrected chi connectivity index (χ4v) is 1.70. The van der Waals surface area contributed by atoms with Crippen LogP contribution in [0.2, 0.25) is 5.02 Å². The highest BCUT2D eigenvalue weighted by Crippen LogP contribution is 2.20. The topological polar surface area (TPSA) is 88.0 Å². The number of aromatic nitrogens is 1. The summed E-state index contributed by atoms with van der Waals surface area (Å²) in [7, 11) is 0. The lowest BCUT2D eigenvalue weighted by Gasteiger charge is -2.06. The standard InChI is InChI=1S/C15H14ClN3O3/c1-10-7-12(4-5-13(10)16)21-9-14(20)22-19-15(17)11-3-2-6-18-8-11/h2-8H,9H2,1H3,(H2,17,19)/p+1. The summed E-state index contributed by atoms with van der Waals surface area (Å²) >= 11 is 5.90. The van der Waals surface area contributed by atoms with E-state index in [-0.39, 0.29) is 12.4 Å². The molecule has 0 aliphatic rings. The molecular formula is C15H15ClN3O3+. The first-order chi connectivity index (χ1) is 10.6. The van der Waals surface area contributed by atoms with Gasteiger partial charge in [0.15, 0.2) is 24.8 Å². The summed E-state index contributed by atoms with van der Waals surface area (Å²) < 4.78 is 5.29. The Bertz CT molecular complexity index is 690. The van der Waals surface area contributed by atoms with Crippen molar-refractivity contribution in [1.29, 1.82) is 0 Å². The molecule has 0 bridgehead atoms. The van der Waals surface area contributed by atoms with E-state index in [1.165, 1.54) is 0 Å². The molecule has 2 rings (SSSR count). The smallest absolute Gasteiger partial charge is 0.372 e. The molecule has 3 N–H and O–H groups in total. The second-order valence-corrected chi connectivity index (χ2v) is 4.84. The van der Waals surface area contributed by atoms with Crippen LogP contribution in [0.15, 0.2) is 47.9 Å². The summed E-state index contributed by atoms with van der Waals surface area (Å²) in [6.07, 6.45) is 3.37. The van der Waals surface area contributed by atoms with Crippen LogP contribution in [-0.4, -0.2) is 18.4 Å². The average molecular weight is 321 g/mol. The third-order valence-electron chi connectivity index (χ3n) is 2.73. The SMILES string of the molecule is Cc1cc(OCC(=O)ON=C(N)c2ccc[nH+]c2)ccc1Cl. The number of nitrogens with zero attached hydrogens (tertiary/aromatic N) is 1. The molecule has 0 saturated carbocycles. The number of aromatic amines is 1. The number of hydrogen-bond donors (Lipinski definition) is 1. The lowest BCUT2D eigenvalue weighted by molar-refractivity contribution is -0.378. The van der Waals surface area contributed by atoms with Crippen molar-refractivity contribution in [3.63, 3.8) is 0 Å². The van der Waals surface area contributed by atoms with Crippen molar-refractivity contribution in [2.75, 3.05) is 6.61 Å². The van der Waals surface area contributed by atoms with Crippen LogP contribution < -0.4 is 15.5 Å². The molecule has 6 nitrogen and oxygen atoms in total. The number of hydrogen-bond acceptors (Lipinski definition) is 4. The molecule has 2 aromatic rings. The highest BCUT2D eigenvalue weighted by atomic mass is 35.5. The largest absolute Gasteiger partial charge is 0.482 e. The van der Waals surface area contributed by atoms with Crippen LogP contribution in [0.25, 0.3) is 0 Å². The van der Waals surface area contributed by atoms with Gasteiger partial charge in [0.25, 0.3) is 0 Å². The second-order valence-electron chi connectivity index (χ2n) is 4.43. The van der Waals surface area contributed by atoms with E-state index in [0.717, 1.165) is 5.56 Å². The Balaban J connectivity index is 1.86. The van der Waals surface area contributed by atoms with Gasteiger partial charge < -0.3 is 15.3 Å². The van der Waals surface area contributed by atoms with Gasteiger partial charge in [0.1, 0.15) is 5.75 Å². The summed E-state index contributed by atoms with van der Waals surface area (Å²) in [4.78, 5) is 19.1. The number of pyridine rings is 1. The zero-order chi connectivity index (χ0) is 15.9. The van der Waals surface area contributed by atoms with Crippen molar-refractivity contribution in [3.05, 3.63) is 58.9 Å². The fourth-order valence-electron chi connectivity index (χ4n) is 1.58. The van der Waals surface area contributed by atoms with Crippen LogP contribution in [0.3, 0.4) is 0 Å². The summed E-state index contributed by atoms with van der Waals surface area (Å²) in [6.45, 7) is 1.56. The molecule has 0 radical (unpaired) electrons. The number of carbonyl (C=O) groups is 1. The van der Waals surface area contributed by atoms with Gasteiger partial charge in [-0.1, -0.05) is 16.8 Å². The number of benzene rings is 1. The molecule has 22 heavy (non-hydrogen) atoms. The molecule has 0 unspecified atom stereocenters. The molecule has 0 aliphatic carbocycles. The van der Waals surface area contributed by atoms with Crippen LogP contribution in [-0.2, 0) is 9.63 Å². The number of halogens is 1. The lowest BCUT2D eigenvalue weighted by Crippen LogP contribution is -2.19. The van der Waals surface area contributed by atoms with Gasteiger partial charge >= 0.3 is 5.97 Å². The highest BCUT2D eigenvalue weighted by molar-refractivity contribution is 6.31. The number of carbonyl (C=O) groups excluding carboxylic acids is 1. The first kappa shape index (κ1) is 15.8. The second kappa shape index (κ2) is 7.42. The van der Waals surface area contributed by atoms with Gasteiger partial charge in [0, 0.05) is 11.1 Å². The molecule has 0 atom stereocenters. The number of nitrogens with one attached hydrogen (secondary N) is 1. The first-order valence-electron chi connectivity index (χ1n) is 6.45. The van der Waals surface area contributed by atoms with E-state index in [1.54, 1.807) is 42.7 Å². The Morgan fingerprint density at radius 2 is 2.23 bits per heavy atom. The van der Waals surface area contributed by atoms with Crippen molar-refractivity contribution in [2.45, 2.75) is 6.92 Å². The maximum atomic E-state index is 11.6. The van der Waals surface area contributed by atoms with E-state index in [4.69, 9.17) is 26.9 Å². The third kappa shape index (κ3) is 4.46. The summed E-state index contributed by atoms with van der Waals surface area (Å²) in [5.74, 6) is -0.0449. The number of oxime groups is 1. The van der Waals surface area contributed by atoms with E-state index in [9.17, 15) is 4.79 Å². The lowest BCUT2D eigenvalue weighted by atomic mass is 10.2. The number of aryl methyl sites for hydroxylation is 1. The quantitative estimate of drug-likeness (QED) is 0.393. The molecule has 0 fully saturated rings. The van der Waals surface area contributed by atoms with Crippen molar-refractivity contribution >= 4 is 23.4 Å². The molecule has 1 aromatic carbocycles. The number of ether oxygens (including phenoxy) is 1. The Morgan fingerprint density at radius 1 is 1.41 bits per heavy atom. The zero-order valence-corrected chi connectivity index (χ0v) is 12.6. The van der Waals surface area contributed by atoms with Crippen molar-refractivity contribution in [1.82, 2.24) is 0 Å². The molecule has 0 amide bonds. The Hall–Kier alpha value is -2.60. The maximum Gasteiger partial charge on any atom is 0.372 e. The third-order valence-corrected chi connectivity index (χ3v) is 3.16.